The van der Waals surface area contributed by atoms with E-state index in [-0.39, 0.29) is 18.1 Å². The van der Waals surface area contributed by atoms with E-state index >= 15 is 0 Å². The van der Waals surface area contributed by atoms with Crippen LogP contribution in [0.25, 0.3) is 11.0 Å². The summed E-state index contributed by atoms with van der Waals surface area (Å²) in [6.45, 7) is 2.00. The van der Waals surface area contributed by atoms with Crippen molar-refractivity contribution in [1.29, 1.82) is 0 Å². The average Bonchev–Trinajstić information content (AvgIpc) is 3.08. The summed E-state index contributed by atoms with van der Waals surface area (Å²) in [5.41, 5.74) is 1.82. The van der Waals surface area contributed by atoms with E-state index in [0.717, 1.165) is 23.8 Å². The number of aliphatic hydroxyl groups excluding tert-OH is 1. The summed E-state index contributed by atoms with van der Waals surface area (Å²) in [5.74, 6) is 0.0887. The van der Waals surface area contributed by atoms with Gasteiger partial charge in [-0.3, -0.25) is 4.79 Å². The Hall–Kier alpha value is -1.85. The predicted molar refractivity (Wildman–Crippen MR) is 82.9 cm³/mol. The van der Waals surface area contributed by atoms with Gasteiger partial charge in [0.15, 0.2) is 5.76 Å². The van der Waals surface area contributed by atoms with Crippen molar-refractivity contribution in [3.05, 3.63) is 35.6 Å². The van der Waals surface area contributed by atoms with Gasteiger partial charge >= 0.3 is 0 Å². The number of ether oxygens (including phenoxy) is 1. The van der Waals surface area contributed by atoms with E-state index < -0.39 is 6.10 Å². The van der Waals surface area contributed by atoms with E-state index in [9.17, 15) is 9.90 Å². The van der Waals surface area contributed by atoms with Gasteiger partial charge in [-0.05, 0) is 38.0 Å². The minimum Gasteiger partial charge on any atom is -0.451 e. The van der Waals surface area contributed by atoms with Gasteiger partial charge in [-0.15, -0.1) is 0 Å². The summed E-state index contributed by atoms with van der Waals surface area (Å²) in [5, 5.41) is 11.2. The van der Waals surface area contributed by atoms with E-state index in [1.165, 1.54) is 0 Å². The van der Waals surface area contributed by atoms with Crippen molar-refractivity contribution in [2.45, 2.75) is 38.0 Å². The second-order valence-electron chi connectivity index (χ2n) is 5.98. The zero-order valence-electron chi connectivity index (χ0n) is 13.1. The molecule has 1 fully saturated rings. The molecule has 5 nitrogen and oxygen atoms in total. The van der Waals surface area contributed by atoms with Crippen molar-refractivity contribution >= 4 is 16.9 Å². The molecule has 1 heterocycles. The molecule has 1 aliphatic rings. The number of aryl methyl sites for hydroxylation is 1. The first kappa shape index (κ1) is 15.1. The number of nitrogens with zero attached hydrogens (tertiary/aromatic N) is 1. The molecule has 1 N–H and O–H groups in total. The molecule has 0 spiro atoms. The van der Waals surface area contributed by atoms with Gasteiger partial charge in [-0.25, -0.2) is 0 Å². The number of hydrogen-bond acceptors (Lipinski definition) is 4. The highest BCUT2D eigenvalue weighted by molar-refractivity contribution is 5.96. The van der Waals surface area contributed by atoms with E-state index in [1.807, 2.05) is 25.1 Å². The number of aliphatic hydroxyl groups is 1. The molecule has 1 aromatic carbocycles. The van der Waals surface area contributed by atoms with Crippen LogP contribution >= 0.6 is 0 Å². The van der Waals surface area contributed by atoms with Gasteiger partial charge in [-0.1, -0.05) is 11.6 Å². The maximum atomic E-state index is 12.6. The predicted octanol–water partition coefficient (Wildman–Crippen LogP) is 2.35. The highest BCUT2D eigenvalue weighted by atomic mass is 16.5. The number of benzene rings is 1. The van der Waals surface area contributed by atoms with E-state index in [0.29, 0.717) is 11.3 Å². The third-order valence-electron chi connectivity index (χ3n) is 4.53. The Labute approximate surface area is 129 Å². The third kappa shape index (κ3) is 2.51. The Morgan fingerprint density at radius 3 is 2.82 bits per heavy atom. The maximum Gasteiger partial charge on any atom is 0.289 e. The fraction of sp³-hybridized carbons (Fsp3) is 0.471. The molecule has 1 aliphatic carbocycles. The number of rotatable bonds is 3. The minimum atomic E-state index is -0.662. The lowest BCUT2D eigenvalue weighted by Crippen LogP contribution is -2.44. The Morgan fingerprint density at radius 1 is 1.36 bits per heavy atom. The summed E-state index contributed by atoms with van der Waals surface area (Å²) in [7, 11) is 3.28. The summed E-state index contributed by atoms with van der Waals surface area (Å²) >= 11 is 0. The Morgan fingerprint density at radius 2 is 2.14 bits per heavy atom. The van der Waals surface area contributed by atoms with Crippen LogP contribution in [0.3, 0.4) is 0 Å². The van der Waals surface area contributed by atoms with Gasteiger partial charge in [0.2, 0.25) is 0 Å². The standard InChI is InChI=1S/C17H21NO4/c1-10-4-6-13-11(8-10)9-15(22-13)17(20)18(2)12-5-7-14(21-3)16(12)19/h4,6,8-9,12,14,16,19H,5,7H2,1-3H3/t12-,14-,16-/m1/s1. The molecule has 2 aromatic rings. The van der Waals surface area contributed by atoms with Crippen molar-refractivity contribution in [2.75, 3.05) is 14.2 Å². The van der Waals surface area contributed by atoms with Crippen LogP contribution in [0, 0.1) is 6.92 Å². The second kappa shape index (κ2) is 5.74. The number of fused-ring (bicyclic) bond motifs is 1. The summed E-state index contributed by atoms with van der Waals surface area (Å²) < 4.78 is 10.9. The van der Waals surface area contributed by atoms with Gasteiger partial charge in [0.1, 0.15) is 11.7 Å². The average molecular weight is 303 g/mol. The summed E-state index contributed by atoms with van der Waals surface area (Å²) in [6, 6.07) is 7.32. The van der Waals surface area contributed by atoms with Crippen LogP contribution in [-0.4, -0.2) is 48.3 Å². The number of carbonyl (C=O) groups is 1. The van der Waals surface area contributed by atoms with Crippen molar-refractivity contribution in [2.24, 2.45) is 0 Å². The Bertz CT molecular complexity index is 693. The van der Waals surface area contributed by atoms with Gasteiger partial charge in [0.05, 0.1) is 12.1 Å². The summed E-state index contributed by atoms with van der Waals surface area (Å²) in [4.78, 5) is 14.2. The molecule has 0 radical (unpaired) electrons. The maximum absolute atomic E-state index is 12.6. The van der Waals surface area contributed by atoms with Crippen molar-refractivity contribution in [3.8, 4) is 0 Å². The molecule has 0 bridgehead atoms. The molecule has 5 heteroatoms. The van der Waals surface area contributed by atoms with Crippen molar-refractivity contribution < 1.29 is 19.1 Å². The van der Waals surface area contributed by atoms with Gasteiger partial charge in [0.25, 0.3) is 5.91 Å². The fourth-order valence-electron chi connectivity index (χ4n) is 3.20. The molecule has 22 heavy (non-hydrogen) atoms. The van der Waals surface area contributed by atoms with Crippen LogP contribution in [0.4, 0.5) is 0 Å². The highest BCUT2D eigenvalue weighted by Gasteiger charge is 2.39. The highest BCUT2D eigenvalue weighted by Crippen LogP contribution is 2.28. The summed E-state index contributed by atoms with van der Waals surface area (Å²) in [6.07, 6.45) is 0.602. The monoisotopic (exact) mass is 303 g/mol. The molecule has 3 rings (SSSR count). The Kier molecular flexibility index (Phi) is 3.93. The van der Waals surface area contributed by atoms with Crippen LogP contribution in [0.1, 0.15) is 29.0 Å². The quantitative estimate of drug-likeness (QED) is 0.945. The second-order valence-corrected chi connectivity index (χ2v) is 5.98. The number of amides is 1. The topological polar surface area (TPSA) is 62.9 Å². The number of carbonyl (C=O) groups excluding carboxylic acids is 1. The van der Waals surface area contributed by atoms with Gasteiger partial charge < -0.3 is 19.2 Å². The molecule has 118 valence electrons. The van der Waals surface area contributed by atoms with Crippen LogP contribution in [0.15, 0.2) is 28.7 Å². The van der Waals surface area contributed by atoms with Crippen LogP contribution < -0.4 is 0 Å². The van der Waals surface area contributed by atoms with Crippen LogP contribution in [0.2, 0.25) is 0 Å². The van der Waals surface area contributed by atoms with Crippen molar-refractivity contribution in [1.82, 2.24) is 4.90 Å². The van der Waals surface area contributed by atoms with Crippen LogP contribution in [-0.2, 0) is 4.74 Å². The molecule has 1 saturated carbocycles. The first-order valence-corrected chi connectivity index (χ1v) is 7.49. The number of likely N-dealkylation sites (N-methyl/N-ethyl adjacent to an activating group) is 1. The number of hydrogen-bond donors (Lipinski definition) is 1. The number of methoxy groups -OCH3 is 1. The number of furan rings is 1. The molecule has 3 atom stereocenters. The lowest BCUT2D eigenvalue weighted by molar-refractivity contribution is -0.0160. The molecule has 0 aliphatic heterocycles. The van der Waals surface area contributed by atoms with E-state index in [4.69, 9.17) is 9.15 Å². The molecule has 0 unspecified atom stereocenters. The fourth-order valence-corrected chi connectivity index (χ4v) is 3.20. The Balaban J connectivity index is 1.83. The molecule has 0 saturated heterocycles. The molecular weight excluding hydrogens is 282 g/mol. The van der Waals surface area contributed by atoms with Gasteiger partial charge in [0, 0.05) is 19.5 Å². The smallest absolute Gasteiger partial charge is 0.289 e. The lowest BCUT2D eigenvalue weighted by Gasteiger charge is -2.27. The zero-order chi connectivity index (χ0) is 15.9. The van der Waals surface area contributed by atoms with Gasteiger partial charge in [-0.2, -0.15) is 0 Å². The molecule has 1 aromatic heterocycles. The van der Waals surface area contributed by atoms with E-state index in [1.54, 1.807) is 25.1 Å². The zero-order valence-corrected chi connectivity index (χ0v) is 13.1. The largest absolute Gasteiger partial charge is 0.451 e. The third-order valence-corrected chi connectivity index (χ3v) is 4.53. The first-order chi connectivity index (χ1) is 10.5. The first-order valence-electron chi connectivity index (χ1n) is 7.49. The van der Waals surface area contributed by atoms with Crippen molar-refractivity contribution in [3.63, 3.8) is 0 Å². The minimum absolute atomic E-state index is 0.210. The lowest BCUT2D eigenvalue weighted by atomic mass is 10.1. The van der Waals surface area contributed by atoms with Crippen LogP contribution in [0.5, 0.6) is 0 Å². The SMILES string of the molecule is CO[C@@H]1CC[C@@H](N(C)C(=O)c2cc3cc(C)ccc3o2)[C@H]1O. The normalized spacial score (nSPS) is 24.8. The van der Waals surface area contributed by atoms with E-state index in [2.05, 4.69) is 0 Å². The molecule has 1 amide bonds. The molecular formula is C17H21NO4.